The molecule has 4 rings (SSSR count). The molecule has 160 valence electrons. The fraction of sp³-hybridized carbons (Fsp3) is 0.304. The Hall–Kier alpha value is -2.70. The molecule has 0 N–H and O–H groups in total. The zero-order valence-corrected chi connectivity index (χ0v) is 18.5. The Bertz CT molecular complexity index is 1140. The maximum absolute atomic E-state index is 13.3. The quantitative estimate of drug-likeness (QED) is 0.413. The van der Waals surface area contributed by atoms with E-state index < -0.39 is 10.8 Å². The maximum Gasteiger partial charge on any atom is 0.269 e. The Balaban J connectivity index is 1.88. The van der Waals surface area contributed by atoms with Gasteiger partial charge in [0.15, 0.2) is 5.78 Å². The first-order valence-electron chi connectivity index (χ1n) is 9.86. The number of hydrogen-bond acceptors (Lipinski definition) is 4. The van der Waals surface area contributed by atoms with Crippen LogP contribution >= 0.6 is 23.2 Å². The number of non-ortho nitro benzene ring substituents is 1. The summed E-state index contributed by atoms with van der Waals surface area (Å²) >= 11 is 12.5. The van der Waals surface area contributed by atoms with E-state index in [0.29, 0.717) is 45.4 Å². The summed E-state index contributed by atoms with van der Waals surface area (Å²) in [5.41, 5.74) is 2.05. The van der Waals surface area contributed by atoms with Crippen LogP contribution in [0.3, 0.4) is 0 Å². The van der Waals surface area contributed by atoms with Crippen molar-refractivity contribution in [1.82, 2.24) is 0 Å². The van der Waals surface area contributed by atoms with Gasteiger partial charge in [0.1, 0.15) is 0 Å². The molecule has 1 aliphatic carbocycles. The highest BCUT2D eigenvalue weighted by molar-refractivity contribution is 6.35. The highest BCUT2D eigenvalue weighted by Crippen LogP contribution is 2.49. The average molecular weight is 459 g/mol. The molecular formula is C23H20Cl2N2O4. The minimum absolute atomic E-state index is 0.0123. The van der Waals surface area contributed by atoms with Gasteiger partial charge in [0.05, 0.1) is 4.92 Å². The molecule has 0 radical (unpaired) electrons. The second-order valence-electron chi connectivity index (χ2n) is 8.73. The van der Waals surface area contributed by atoms with E-state index in [2.05, 4.69) is 0 Å². The summed E-state index contributed by atoms with van der Waals surface area (Å²) in [6.45, 7) is 3.98. The van der Waals surface area contributed by atoms with E-state index in [1.54, 1.807) is 30.3 Å². The molecule has 1 atom stereocenters. The van der Waals surface area contributed by atoms with Crippen LogP contribution in [-0.2, 0) is 9.59 Å². The predicted molar refractivity (Wildman–Crippen MR) is 119 cm³/mol. The average Bonchev–Trinajstić information content (AvgIpc) is 2.66. The van der Waals surface area contributed by atoms with Crippen molar-refractivity contribution in [3.05, 3.63) is 79.5 Å². The van der Waals surface area contributed by atoms with Gasteiger partial charge >= 0.3 is 0 Å². The van der Waals surface area contributed by atoms with Crippen LogP contribution in [0.15, 0.2) is 53.7 Å². The Kier molecular flexibility index (Phi) is 5.40. The SMILES string of the molecule is CC1(C)CC(=O)C2=C(C1)N(c1ccc([N+](=O)[O-])cc1)C(=O)CC2c1ccc(Cl)cc1Cl. The van der Waals surface area contributed by atoms with E-state index in [0.717, 1.165) is 0 Å². The molecule has 1 amide bonds. The monoisotopic (exact) mass is 458 g/mol. The van der Waals surface area contributed by atoms with E-state index in [9.17, 15) is 19.7 Å². The smallest absolute Gasteiger partial charge is 0.269 e. The Morgan fingerprint density at radius 1 is 1.06 bits per heavy atom. The third-order valence-corrected chi connectivity index (χ3v) is 6.36. The van der Waals surface area contributed by atoms with Gasteiger partial charge < -0.3 is 0 Å². The third kappa shape index (κ3) is 3.98. The van der Waals surface area contributed by atoms with Gasteiger partial charge in [-0.05, 0) is 41.7 Å². The number of nitro benzene ring substituents is 1. The molecule has 1 aliphatic heterocycles. The van der Waals surface area contributed by atoms with Crippen molar-refractivity contribution in [3.8, 4) is 0 Å². The van der Waals surface area contributed by atoms with E-state index >= 15 is 0 Å². The van der Waals surface area contributed by atoms with E-state index in [1.807, 2.05) is 13.8 Å². The topological polar surface area (TPSA) is 80.5 Å². The Morgan fingerprint density at radius 3 is 2.35 bits per heavy atom. The van der Waals surface area contributed by atoms with Crippen LogP contribution in [0.2, 0.25) is 10.0 Å². The molecular weight excluding hydrogens is 439 g/mol. The molecule has 0 saturated carbocycles. The number of nitrogens with zero attached hydrogens (tertiary/aromatic N) is 2. The lowest BCUT2D eigenvalue weighted by Gasteiger charge is -2.43. The number of allylic oxidation sites excluding steroid dienone is 2. The summed E-state index contributed by atoms with van der Waals surface area (Å²) in [6, 6.07) is 10.9. The van der Waals surface area contributed by atoms with E-state index in [4.69, 9.17) is 23.2 Å². The largest absolute Gasteiger partial charge is 0.294 e. The second kappa shape index (κ2) is 7.77. The summed E-state index contributed by atoms with van der Waals surface area (Å²) in [6.07, 6.45) is 0.970. The Morgan fingerprint density at radius 2 is 1.74 bits per heavy atom. The van der Waals surface area contributed by atoms with Gasteiger partial charge in [-0.25, -0.2) is 0 Å². The number of anilines is 1. The van der Waals surface area contributed by atoms with Crippen LogP contribution in [0.25, 0.3) is 0 Å². The van der Waals surface area contributed by atoms with Crippen molar-refractivity contribution in [2.24, 2.45) is 5.41 Å². The van der Waals surface area contributed by atoms with Gasteiger partial charge in [-0.15, -0.1) is 0 Å². The fourth-order valence-corrected chi connectivity index (χ4v) is 5.03. The molecule has 1 heterocycles. The Labute approximate surface area is 189 Å². The van der Waals surface area contributed by atoms with Crippen molar-refractivity contribution in [1.29, 1.82) is 0 Å². The molecule has 2 aliphatic rings. The van der Waals surface area contributed by atoms with Crippen LogP contribution in [0, 0.1) is 15.5 Å². The highest BCUT2D eigenvalue weighted by Gasteiger charge is 2.44. The lowest BCUT2D eigenvalue weighted by Crippen LogP contribution is -2.43. The molecule has 2 aromatic rings. The van der Waals surface area contributed by atoms with E-state index in [-0.39, 0.29) is 29.2 Å². The van der Waals surface area contributed by atoms with Gasteiger partial charge in [0.25, 0.3) is 5.69 Å². The highest BCUT2D eigenvalue weighted by atomic mass is 35.5. The molecule has 31 heavy (non-hydrogen) atoms. The van der Waals surface area contributed by atoms with Gasteiger partial charge in [-0.3, -0.25) is 24.6 Å². The molecule has 0 aromatic heterocycles. The van der Waals surface area contributed by atoms with Crippen molar-refractivity contribution >= 4 is 46.3 Å². The first-order chi connectivity index (χ1) is 14.6. The molecule has 0 spiro atoms. The standard InChI is InChI=1S/C23H20Cl2N2O4/c1-23(2)11-19-22(20(28)12-23)17(16-8-3-13(24)9-18(16)25)10-21(29)26(19)14-4-6-15(7-5-14)27(30)31/h3-9,17H,10-12H2,1-2H3. The summed E-state index contributed by atoms with van der Waals surface area (Å²) in [7, 11) is 0. The van der Waals surface area contributed by atoms with Crippen LogP contribution < -0.4 is 4.90 Å². The lowest BCUT2D eigenvalue weighted by atomic mass is 9.69. The number of carbonyl (C=O) groups excluding carboxylic acids is 2. The minimum atomic E-state index is -0.488. The number of halogens is 2. The van der Waals surface area contributed by atoms with Crippen LogP contribution in [0.1, 0.15) is 44.6 Å². The maximum atomic E-state index is 13.3. The normalized spacial score (nSPS) is 20.6. The van der Waals surface area contributed by atoms with Crippen LogP contribution in [0.4, 0.5) is 11.4 Å². The van der Waals surface area contributed by atoms with Gasteiger partial charge in [-0.2, -0.15) is 0 Å². The van der Waals surface area contributed by atoms with Crippen molar-refractivity contribution in [2.75, 3.05) is 4.90 Å². The number of nitro groups is 1. The summed E-state index contributed by atoms with van der Waals surface area (Å²) < 4.78 is 0. The van der Waals surface area contributed by atoms with Crippen LogP contribution in [0.5, 0.6) is 0 Å². The number of carbonyl (C=O) groups is 2. The summed E-state index contributed by atoms with van der Waals surface area (Å²) in [5, 5.41) is 11.9. The zero-order chi connectivity index (χ0) is 22.5. The van der Waals surface area contributed by atoms with Crippen LogP contribution in [-0.4, -0.2) is 16.6 Å². The van der Waals surface area contributed by atoms with Crippen molar-refractivity contribution in [3.63, 3.8) is 0 Å². The summed E-state index contributed by atoms with van der Waals surface area (Å²) in [4.78, 5) is 38.7. The molecule has 1 unspecified atom stereocenters. The van der Waals surface area contributed by atoms with Gasteiger partial charge in [0, 0.05) is 57.9 Å². The van der Waals surface area contributed by atoms with E-state index in [1.165, 1.54) is 17.0 Å². The first kappa shape index (κ1) is 21.5. The number of Topliss-reactive ketones (excluding diaryl/α,β-unsaturated/α-hetero) is 1. The van der Waals surface area contributed by atoms with Crippen molar-refractivity contribution < 1.29 is 14.5 Å². The van der Waals surface area contributed by atoms with Gasteiger partial charge in [-0.1, -0.05) is 43.1 Å². The zero-order valence-electron chi connectivity index (χ0n) is 17.0. The number of ketones is 1. The van der Waals surface area contributed by atoms with Gasteiger partial charge in [0.2, 0.25) is 5.91 Å². The molecule has 2 aromatic carbocycles. The second-order valence-corrected chi connectivity index (χ2v) is 9.57. The lowest BCUT2D eigenvalue weighted by molar-refractivity contribution is -0.384. The number of hydrogen-bond donors (Lipinski definition) is 0. The predicted octanol–water partition coefficient (Wildman–Crippen LogP) is 6.07. The fourth-order valence-electron chi connectivity index (χ4n) is 4.49. The third-order valence-electron chi connectivity index (χ3n) is 5.80. The minimum Gasteiger partial charge on any atom is -0.294 e. The molecule has 8 heteroatoms. The molecule has 6 nitrogen and oxygen atoms in total. The molecule has 0 fully saturated rings. The number of amides is 1. The number of rotatable bonds is 3. The van der Waals surface area contributed by atoms with Crippen molar-refractivity contribution in [2.45, 2.75) is 39.0 Å². The number of benzene rings is 2. The molecule has 0 saturated heterocycles. The molecule has 0 bridgehead atoms. The first-order valence-corrected chi connectivity index (χ1v) is 10.6. The summed E-state index contributed by atoms with van der Waals surface area (Å²) in [5.74, 6) is -0.652.